The van der Waals surface area contributed by atoms with Gasteiger partial charge in [0.2, 0.25) is 0 Å². The minimum absolute atomic E-state index is 0.209. The minimum Gasteiger partial charge on any atom is -0.493 e. The molecule has 3 aromatic rings. The fourth-order valence-electron chi connectivity index (χ4n) is 3.13. The summed E-state index contributed by atoms with van der Waals surface area (Å²) in [5.41, 5.74) is 4.88. The van der Waals surface area contributed by atoms with Gasteiger partial charge in [0.15, 0.2) is 18.1 Å². The van der Waals surface area contributed by atoms with Gasteiger partial charge in [-0.3, -0.25) is 14.4 Å². The van der Waals surface area contributed by atoms with Gasteiger partial charge in [-0.25, -0.2) is 5.43 Å². The van der Waals surface area contributed by atoms with Crippen LogP contribution in [0, 0.1) is 0 Å². The molecular weight excluding hydrogens is 484 g/mol. The van der Waals surface area contributed by atoms with Gasteiger partial charge in [0.05, 0.1) is 13.3 Å². The first-order chi connectivity index (χ1) is 17.4. The number of hydrogen-bond donors (Lipinski definition) is 3. The lowest BCUT2D eigenvalue weighted by Gasteiger charge is -2.13. The van der Waals surface area contributed by atoms with Crippen molar-refractivity contribution >= 4 is 46.9 Å². The highest BCUT2D eigenvalue weighted by Gasteiger charge is 2.13. The average Bonchev–Trinajstić information content (AvgIpc) is 2.88. The summed E-state index contributed by atoms with van der Waals surface area (Å²) in [4.78, 5) is 36.3. The zero-order valence-electron chi connectivity index (χ0n) is 19.7. The van der Waals surface area contributed by atoms with Crippen LogP contribution >= 0.6 is 11.6 Å². The van der Waals surface area contributed by atoms with Crippen LogP contribution in [0.2, 0.25) is 5.02 Å². The Labute approximate surface area is 213 Å². The average molecular weight is 509 g/mol. The van der Waals surface area contributed by atoms with Crippen molar-refractivity contribution in [3.8, 4) is 11.5 Å². The Morgan fingerprint density at radius 2 is 1.75 bits per heavy atom. The Balaban J connectivity index is 1.53. The van der Waals surface area contributed by atoms with Crippen LogP contribution in [-0.4, -0.2) is 37.7 Å². The summed E-state index contributed by atoms with van der Waals surface area (Å²) in [7, 11) is 1.46. The number of amides is 3. The van der Waals surface area contributed by atoms with Crippen LogP contribution in [-0.2, 0) is 20.8 Å². The highest BCUT2D eigenvalue weighted by molar-refractivity contribution is 6.39. The van der Waals surface area contributed by atoms with Gasteiger partial charge in [-0.1, -0.05) is 42.8 Å². The number of halogens is 1. The number of aryl methyl sites for hydroxylation is 1. The molecule has 36 heavy (non-hydrogen) atoms. The minimum atomic E-state index is -0.950. The molecule has 186 valence electrons. The number of nitrogens with zero attached hydrogens (tertiary/aromatic N) is 1. The van der Waals surface area contributed by atoms with Crippen molar-refractivity contribution in [3.63, 3.8) is 0 Å². The SMILES string of the molecule is CCc1ccccc1NC(=O)COc1ccc(/C=N\NC(=O)C(=O)Nc2cccc(Cl)c2)cc1OC. The van der Waals surface area contributed by atoms with Gasteiger partial charge in [0, 0.05) is 16.4 Å². The lowest BCUT2D eigenvalue weighted by atomic mass is 10.1. The van der Waals surface area contributed by atoms with Gasteiger partial charge in [-0.15, -0.1) is 0 Å². The number of methoxy groups -OCH3 is 1. The number of carbonyl (C=O) groups excluding carboxylic acids is 3. The smallest absolute Gasteiger partial charge is 0.329 e. The quantitative estimate of drug-likeness (QED) is 0.229. The first kappa shape index (κ1) is 26.2. The second kappa shape index (κ2) is 12.9. The number of hydrazone groups is 1. The largest absolute Gasteiger partial charge is 0.493 e. The summed E-state index contributed by atoms with van der Waals surface area (Å²) in [5, 5.41) is 9.48. The van der Waals surface area contributed by atoms with Crippen molar-refractivity contribution < 1.29 is 23.9 Å². The molecule has 0 aliphatic heterocycles. The van der Waals surface area contributed by atoms with E-state index in [1.807, 2.05) is 31.2 Å². The van der Waals surface area contributed by atoms with E-state index in [0.717, 1.165) is 17.7 Å². The Bertz CT molecular complexity index is 1280. The lowest BCUT2D eigenvalue weighted by molar-refractivity contribution is -0.136. The second-order valence-corrected chi connectivity index (χ2v) is 7.86. The molecule has 9 nitrogen and oxygen atoms in total. The molecule has 0 aliphatic rings. The maximum Gasteiger partial charge on any atom is 0.329 e. The molecule has 3 amide bonds. The molecule has 0 spiro atoms. The van der Waals surface area contributed by atoms with Crippen molar-refractivity contribution in [1.82, 2.24) is 5.43 Å². The van der Waals surface area contributed by atoms with E-state index in [1.165, 1.54) is 19.4 Å². The third-order valence-corrected chi connectivity index (χ3v) is 5.12. The van der Waals surface area contributed by atoms with Crippen LogP contribution in [0.25, 0.3) is 0 Å². The third kappa shape index (κ3) is 7.57. The molecule has 0 aliphatic carbocycles. The molecule has 0 unspecified atom stereocenters. The number of nitrogens with one attached hydrogen (secondary N) is 3. The zero-order valence-corrected chi connectivity index (χ0v) is 20.5. The van der Waals surface area contributed by atoms with E-state index in [4.69, 9.17) is 21.1 Å². The van der Waals surface area contributed by atoms with Crippen LogP contribution < -0.4 is 25.5 Å². The molecule has 0 saturated heterocycles. The molecule has 0 bridgehead atoms. The number of para-hydroxylation sites is 1. The summed E-state index contributed by atoms with van der Waals surface area (Å²) in [6, 6.07) is 18.9. The molecule has 10 heteroatoms. The molecule has 0 fully saturated rings. The van der Waals surface area contributed by atoms with Gasteiger partial charge in [0.1, 0.15) is 0 Å². The summed E-state index contributed by atoms with van der Waals surface area (Å²) < 4.78 is 11.0. The van der Waals surface area contributed by atoms with E-state index in [0.29, 0.717) is 27.8 Å². The topological polar surface area (TPSA) is 118 Å². The maximum absolute atomic E-state index is 12.3. The highest BCUT2D eigenvalue weighted by Crippen LogP contribution is 2.27. The molecule has 3 N–H and O–H groups in total. The summed E-state index contributed by atoms with van der Waals surface area (Å²) in [6.45, 7) is 1.80. The maximum atomic E-state index is 12.3. The van der Waals surface area contributed by atoms with Gasteiger partial charge in [-0.2, -0.15) is 5.10 Å². The van der Waals surface area contributed by atoms with Crippen LogP contribution in [0.1, 0.15) is 18.1 Å². The second-order valence-electron chi connectivity index (χ2n) is 7.42. The molecular formula is C26H25ClN4O5. The van der Waals surface area contributed by atoms with E-state index < -0.39 is 11.8 Å². The van der Waals surface area contributed by atoms with Gasteiger partial charge >= 0.3 is 11.8 Å². The normalized spacial score (nSPS) is 10.5. The first-order valence-corrected chi connectivity index (χ1v) is 11.4. The molecule has 0 atom stereocenters. The van der Waals surface area contributed by atoms with Crippen LogP contribution in [0.4, 0.5) is 11.4 Å². The molecule has 0 saturated carbocycles. The first-order valence-electron chi connectivity index (χ1n) is 11.0. The monoisotopic (exact) mass is 508 g/mol. The highest BCUT2D eigenvalue weighted by atomic mass is 35.5. The third-order valence-electron chi connectivity index (χ3n) is 4.89. The van der Waals surface area contributed by atoms with Crippen molar-refractivity contribution in [2.24, 2.45) is 5.10 Å². The van der Waals surface area contributed by atoms with Crippen LogP contribution in [0.15, 0.2) is 71.8 Å². The molecule has 0 radical (unpaired) electrons. The number of hydrogen-bond acceptors (Lipinski definition) is 6. The summed E-state index contributed by atoms with van der Waals surface area (Å²) in [6.07, 6.45) is 2.13. The van der Waals surface area contributed by atoms with Crippen molar-refractivity contribution in [1.29, 1.82) is 0 Å². The summed E-state index contributed by atoms with van der Waals surface area (Å²) >= 11 is 5.86. The Morgan fingerprint density at radius 1 is 0.944 bits per heavy atom. The van der Waals surface area contributed by atoms with E-state index in [1.54, 1.807) is 36.4 Å². The van der Waals surface area contributed by atoms with E-state index in [-0.39, 0.29) is 12.5 Å². The number of rotatable bonds is 9. The predicted octanol–water partition coefficient (Wildman–Crippen LogP) is 4.02. The van der Waals surface area contributed by atoms with Crippen molar-refractivity contribution in [2.75, 3.05) is 24.4 Å². The van der Waals surface area contributed by atoms with E-state index in [2.05, 4.69) is 21.2 Å². The van der Waals surface area contributed by atoms with E-state index in [9.17, 15) is 14.4 Å². The molecule has 0 aromatic heterocycles. The van der Waals surface area contributed by atoms with Crippen molar-refractivity contribution in [2.45, 2.75) is 13.3 Å². The number of ether oxygens (including phenoxy) is 2. The number of anilines is 2. The fraction of sp³-hybridized carbons (Fsp3) is 0.154. The predicted molar refractivity (Wildman–Crippen MR) is 139 cm³/mol. The Morgan fingerprint density at radius 3 is 2.50 bits per heavy atom. The zero-order chi connectivity index (χ0) is 25.9. The number of carbonyl (C=O) groups is 3. The molecule has 0 heterocycles. The fourth-order valence-corrected chi connectivity index (χ4v) is 3.32. The van der Waals surface area contributed by atoms with Gasteiger partial charge in [0.25, 0.3) is 5.91 Å². The number of benzene rings is 3. The van der Waals surface area contributed by atoms with Crippen LogP contribution in [0.5, 0.6) is 11.5 Å². The molecule has 3 rings (SSSR count). The van der Waals surface area contributed by atoms with Crippen molar-refractivity contribution in [3.05, 3.63) is 82.9 Å². The van der Waals surface area contributed by atoms with Crippen LogP contribution in [0.3, 0.4) is 0 Å². The lowest BCUT2D eigenvalue weighted by Crippen LogP contribution is -2.32. The van der Waals surface area contributed by atoms with E-state index >= 15 is 0 Å². The summed E-state index contributed by atoms with van der Waals surface area (Å²) in [5.74, 6) is -1.42. The molecule has 3 aromatic carbocycles. The van der Waals surface area contributed by atoms with Gasteiger partial charge in [-0.05, 0) is 60.0 Å². The Hall–Kier alpha value is -4.37. The standard InChI is InChI=1S/C26H25ClN4O5/c1-3-18-7-4-5-10-21(18)30-24(32)16-36-22-12-11-17(13-23(22)35-2)15-28-31-26(34)25(33)29-20-9-6-8-19(27)14-20/h4-15H,3,16H2,1-2H3,(H,29,33)(H,30,32)(H,31,34)/b28-15-. The Kier molecular flexibility index (Phi) is 9.41. The van der Waals surface area contributed by atoms with Gasteiger partial charge < -0.3 is 20.1 Å².